The van der Waals surface area contributed by atoms with Crippen LogP contribution in [-0.4, -0.2) is 19.5 Å². The first-order valence-electron chi connectivity index (χ1n) is 6.13. The molecule has 0 unspecified atom stereocenters. The van der Waals surface area contributed by atoms with E-state index >= 15 is 0 Å². The number of hydrogen-bond acceptors (Lipinski definition) is 4. The second kappa shape index (κ2) is 6.96. The van der Waals surface area contributed by atoms with Gasteiger partial charge in [-0.1, -0.05) is 12.1 Å². The van der Waals surface area contributed by atoms with Gasteiger partial charge in [0, 0.05) is 11.6 Å². The van der Waals surface area contributed by atoms with E-state index in [1.165, 1.54) is 25.6 Å². The summed E-state index contributed by atoms with van der Waals surface area (Å²) in [6.07, 6.45) is 2.86. The Bertz CT molecular complexity index is 715. The Morgan fingerprint density at radius 2 is 1.81 bits per heavy atom. The minimum Gasteiger partial charge on any atom is -0.497 e. The van der Waals surface area contributed by atoms with E-state index in [0.29, 0.717) is 16.9 Å². The summed E-state index contributed by atoms with van der Waals surface area (Å²) in [7, 11) is 1.48. The van der Waals surface area contributed by atoms with Crippen molar-refractivity contribution in [2.24, 2.45) is 10.2 Å². The van der Waals surface area contributed by atoms with Gasteiger partial charge in [-0.15, -0.1) is 0 Å². The first kappa shape index (κ1) is 14.4. The van der Waals surface area contributed by atoms with Crippen molar-refractivity contribution in [1.29, 1.82) is 5.26 Å². The summed E-state index contributed by atoms with van der Waals surface area (Å²) in [5.74, 6) is 0.0254. The van der Waals surface area contributed by atoms with Gasteiger partial charge < -0.3 is 4.74 Å². The zero-order valence-corrected chi connectivity index (χ0v) is 11.3. The summed E-state index contributed by atoms with van der Waals surface area (Å²) in [4.78, 5) is 0. The van der Waals surface area contributed by atoms with Gasteiger partial charge in [-0.3, -0.25) is 0 Å². The molecule has 0 aliphatic rings. The molecule has 0 N–H and O–H groups in total. The van der Waals surface area contributed by atoms with E-state index in [0.717, 1.165) is 5.56 Å². The quantitative estimate of drug-likeness (QED) is 0.638. The zero-order valence-electron chi connectivity index (χ0n) is 11.3. The molecule has 0 atom stereocenters. The maximum Gasteiger partial charge on any atom is 0.135 e. The normalized spacial score (nSPS) is 10.9. The van der Waals surface area contributed by atoms with E-state index in [1.807, 2.05) is 6.07 Å². The van der Waals surface area contributed by atoms with Gasteiger partial charge in [0.15, 0.2) is 0 Å². The number of methoxy groups -OCH3 is 1. The smallest absolute Gasteiger partial charge is 0.135 e. The molecule has 0 saturated carbocycles. The Labute approximate surface area is 121 Å². The first-order chi connectivity index (χ1) is 10.2. The van der Waals surface area contributed by atoms with E-state index < -0.39 is 5.82 Å². The van der Waals surface area contributed by atoms with Crippen LogP contribution in [0.2, 0.25) is 0 Å². The maximum absolute atomic E-state index is 13.6. The lowest BCUT2D eigenvalue weighted by atomic mass is 10.2. The minimum atomic E-state index is -0.424. The monoisotopic (exact) mass is 281 g/mol. The molecule has 5 heteroatoms. The van der Waals surface area contributed by atoms with Crippen molar-refractivity contribution in [1.82, 2.24) is 0 Å². The minimum absolute atomic E-state index is 0.327. The van der Waals surface area contributed by atoms with Crippen LogP contribution in [0.15, 0.2) is 52.7 Å². The Balaban J connectivity index is 2.04. The lowest BCUT2D eigenvalue weighted by molar-refractivity contribution is 0.411. The Hall–Kier alpha value is -3.00. The highest BCUT2D eigenvalue weighted by atomic mass is 19.1. The molecule has 2 aromatic carbocycles. The van der Waals surface area contributed by atoms with Crippen LogP contribution < -0.4 is 4.74 Å². The van der Waals surface area contributed by atoms with Gasteiger partial charge in [0.25, 0.3) is 0 Å². The summed E-state index contributed by atoms with van der Waals surface area (Å²) in [6, 6.07) is 13.4. The summed E-state index contributed by atoms with van der Waals surface area (Å²) >= 11 is 0. The fourth-order valence-electron chi connectivity index (χ4n) is 1.58. The van der Waals surface area contributed by atoms with Crippen molar-refractivity contribution in [3.8, 4) is 11.8 Å². The Morgan fingerprint density at radius 3 is 2.43 bits per heavy atom. The second-order valence-corrected chi connectivity index (χ2v) is 4.11. The predicted molar refractivity (Wildman–Crippen MR) is 79.3 cm³/mol. The number of nitrogens with zero attached hydrogens (tertiary/aromatic N) is 3. The van der Waals surface area contributed by atoms with Gasteiger partial charge in [-0.05, 0) is 29.8 Å². The SMILES string of the molecule is COc1ccc(/C=N/N=C/c2ccc(C#N)cc2)c(F)c1. The molecule has 104 valence electrons. The van der Waals surface area contributed by atoms with Crippen LogP contribution in [0, 0.1) is 17.1 Å². The molecule has 21 heavy (non-hydrogen) atoms. The molecule has 0 saturated heterocycles. The Kier molecular flexibility index (Phi) is 4.78. The second-order valence-electron chi connectivity index (χ2n) is 4.11. The molecule has 0 amide bonds. The largest absolute Gasteiger partial charge is 0.497 e. The fourth-order valence-corrected chi connectivity index (χ4v) is 1.58. The van der Waals surface area contributed by atoms with Gasteiger partial charge in [-0.2, -0.15) is 15.5 Å². The third-order valence-electron chi connectivity index (χ3n) is 2.72. The molecule has 0 aromatic heterocycles. The molecule has 0 heterocycles. The average Bonchev–Trinajstić information content (AvgIpc) is 2.53. The Morgan fingerprint density at radius 1 is 1.10 bits per heavy atom. The highest BCUT2D eigenvalue weighted by Crippen LogP contribution is 2.14. The molecule has 0 aliphatic heterocycles. The zero-order chi connectivity index (χ0) is 15.1. The van der Waals surface area contributed by atoms with Crippen LogP contribution in [0.5, 0.6) is 5.75 Å². The summed E-state index contributed by atoms with van der Waals surface area (Å²) in [5, 5.41) is 16.3. The average molecular weight is 281 g/mol. The number of hydrogen-bond donors (Lipinski definition) is 0. The topological polar surface area (TPSA) is 57.7 Å². The highest BCUT2D eigenvalue weighted by Gasteiger charge is 2.00. The van der Waals surface area contributed by atoms with Crippen LogP contribution in [-0.2, 0) is 0 Å². The number of rotatable bonds is 4. The van der Waals surface area contributed by atoms with E-state index in [4.69, 9.17) is 10.00 Å². The van der Waals surface area contributed by atoms with Crippen LogP contribution >= 0.6 is 0 Å². The van der Waals surface area contributed by atoms with Crippen molar-refractivity contribution in [3.05, 3.63) is 65.0 Å². The molecule has 4 nitrogen and oxygen atoms in total. The molecule has 2 rings (SSSR count). The first-order valence-corrected chi connectivity index (χ1v) is 6.13. The molecular formula is C16H12FN3O. The number of halogens is 1. The van der Waals surface area contributed by atoms with Crippen LogP contribution in [0.25, 0.3) is 0 Å². The van der Waals surface area contributed by atoms with Gasteiger partial charge in [0.05, 0.1) is 31.2 Å². The molecule has 0 aliphatic carbocycles. The van der Waals surface area contributed by atoms with Crippen LogP contribution in [0.1, 0.15) is 16.7 Å². The van der Waals surface area contributed by atoms with Crippen LogP contribution in [0.3, 0.4) is 0 Å². The van der Waals surface area contributed by atoms with E-state index in [-0.39, 0.29) is 0 Å². The standard InChI is InChI=1S/C16H12FN3O/c1-21-15-7-6-14(16(17)8-15)11-20-19-10-13-4-2-12(9-18)3-5-13/h2-8,10-11H,1H3/b19-10+,20-11+. The van der Waals surface area contributed by atoms with Crippen LogP contribution in [0.4, 0.5) is 4.39 Å². The third-order valence-corrected chi connectivity index (χ3v) is 2.72. The lowest BCUT2D eigenvalue weighted by Gasteiger charge is -2.00. The lowest BCUT2D eigenvalue weighted by Crippen LogP contribution is -1.90. The van der Waals surface area contributed by atoms with Crippen molar-refractivity contribution in [2.75, 3.05) is 7.11 Å². The molecule has 0 radical (unpaired) electrons. The number of nitriles is 1. The van der Waals surface area contributed by atoms with Gasteiger partial charge in [0.1, 0.15) is 11.6 Å². The number of benzene rings is 2. The molecule has 2 aromatic rings. The van der Waals surface area contributed by atoms with Crippen molar-refractivity contribution < 1.29 is 9.13 Å². The number of ether oxygens (including phenoxy) is 1. The molecular weight excluding hydrogens is 269 g/mol. The van der Waals surface area contributed by atoms with E-state index in [9.17, 15) is 4.39 Å². The summed E-state index contributed by atoms with van der Waals surface area (Å²) < 4.78 is 18.5. The fraction of sp³-hybridized carbons (Fsp3) is 0.0625. The highest BCUT2D eigenvalue weighted by molar-refractivity contribution is 5.83. The molecule has 0 spiro atoms. The van der Waals surface area contributed by atoms with E-state index in [2.05, 4.69) is 10.2 Å². The molecule has 0 bridgehead atoms. The van der Waals surface area contributed by atoms with Gasteiger partial charge in [0.2, 0.25) is 0 Å². The summed E-state index contributed by atoms with van der Waals surface area (Å²) in [5.41, 5.74) is 1.71. The van der Waals surface area contributed by atoms with Crippen molar-refractivity contribution >= 4 is 12.4 Å². The van der Waals surface area contributed by atoms with Crippen molar-refractivity contribution in [3.63, 3.8) is 0 Å². The van der Waals surface area contributed by atoms with Crippen molar-refractivity contribution in [2.45, 2.75) is 0 Å². The third kappa shape index (κ3) is 3.98. The molecule has 0 fully saturated rings. The van der Waals surface area contributed by atoms with Gasteiger partial charge in [-0.25, -0.2) is 4.39 Å². The maximum atomic E-state index is 13.6. The predicted octanol–water partition coefficient (Wildman–Crippen LogP) is 3.16. The van der Waals surface area contributed by atoms with E-state index in [1.54, 1.807) is 36.4 Å². The van der Waals surface area contributed by atoms with Gasteiger partial charge >= 0.3 is 0 Å². The summed E-state index contributed by atoms with van der Waals surface area (Å²) in [6.45, 7) is 0.